The largest absolute Gasteiger partial charge is 0.330 e. The van der Waals surface area contributed by atoms with Crippen molar-refractivity contribution in [1.29, 1.82) is 0 Å². The van der Waals surface area contributed by atoms with Crippen molar-refractivity contribution in [3.8, 4) is 5.69 Å². The summed E-state index contributed by atoms with van der Waals surface area (Å²) in [5, 5.41) is 9.34. The van der Waals surface area contributed by atoms with Crippen molar-refractivity contribution in [2.75, 3.05) is 6.54 Å². The molecule has 0 atom stereocenters. The molecule has 0 aliphatic heterocycles. The smallest absolute Gasteiger partial charge is 0.0831 e. The second-order valence-electron chi connectivity index (χ2n) is 4.03. The number of rotatable bonds is 5. The van der Waals surface area contributed by atoms with Gasteiger partial charge in [0.1, 0.15) is 0 Å². The molecule has 1 heterocycles. The molecule has 0 unspecified atom stereocenters. The highest BCUT2D eigenvalue weighted by Crippen LogP contribution is 2.21. The van der Waals surface area contributed by atoms with E-state index in [-0.39, 0.29) is 0 Å². The lowest BCUT2D eigenvalue weighted by atomic mass is 10.2. The molecule has 4 nitrogen and oxygen atoms in total. The number of benzene rings is 1. The first-order chi connectivity index (χ1) is 8.69. The van der Waals surface area contributed by atoms with Crippen molar-refractivity contribution >= 4 is 23.2 Å². The molecule has 0 spiro atoms. The summed E-state index contributed by atoms with van der Waals surface area (Å²) in [5.41, 5.74) is 7.21. The van der Waals surface area contributed by atoms with E-state index in [0.29, 0.717) is 16.6 Å². The van der Waals surface area contributed by atoms with Crippen LogP contribution in [0.1, 0.15) is 18.5 Å². The second-order valence-corrected chi connectivity index (χ2v) is 4.90. The predicted molar refractivity (Wildman–Crippen MR) is 73.4 cm³/mol. The Kier molecular flexibility index (Phi) is 4.58. The number of aryl methyl sites for hydroxylation is 1. The van der Waals surface area contributed by atoms with Gasteiger partial charge in [0.15, 0.2) is 0 Å². The lowest BCUT2D eigenvalue weighted by molar-refractivity contribution is 0.727. The average Bonchev–Trinajstić information content (AvgIpc) is 2.77. The van der Waals surface area contributed by atoms with Gasteiger partial charge in [0, 0.05) is 10.0 Å². The summed E-state index contributed by atoms with van der Waals surface area (Å²) in [6, 6.07) is 5.28. The highest BCUT2D eigenvalue weighted by atomic mass is 35.5. The molecule has 0 saturated heterocycles. The first-order valence-corrected chi connectivity index (χ1v) is 6.52. The zero-order valence-electron chi connectivity index (χ0n) is 9.81. The minimum Gasteiger partial charge on any atom is -0.330 e. The van der Waals surface area contributed by atoms with Crippen LogP contribution in [0.3, 0.4) is 0 Å². The third-order valence-electron chi connectivity index (χ3n) is 2.54. The molecular formula is C12H14Cl2N4. The molecule has 0 amide bonds. The topological polar surface area (TPSA) is 56.7 Å². The molecule has 1 aromatic heterocycles. The molecule has 1 aromatic carbocycles. The molecule has 0 bridgehead atoms. The van der Waals surface area contributed by atoms with E-state index < -0.39 is 0 Å². The maximum absolute atomic E-state index is 5.95. The lowest BCUT2D eigenvalue weighted by Crippen LogP contribution is -1.99. The van der Waals surface area contributed by atoms with E-state index in [1.807, 2.05) is 6.20 Å². The maximum Gasteiger partial charge on any atom is 0.0831 e. The van der Waals surface area contributed by atoms with Gasteiger partial charge in [0.05, 0.1) is 17.6 Å². The van der Waals surface area contributed by atoms with Crippen LogP contribution in [0.15, 0.2) is 24.4 Å². The number of hydrogen-bond donors (Lipinski definition) is 1. The Hall–Kier alpha value is -1.10. The Morgan fingerprint density at radius 1 is 1.11 bits per heavy atom. The van der Waals surface area contributed by atoms with Crippen molar-refractivity contribution in [2.24, 2.45) is 5.73 Å². The first kappa shape index (κ1) is 13.3. The minimum absolute atomic E-state index is 0.581. The standard InChI is InChI=1S/C12H14Cl2N4/c13-9-5-10(14)7-12(6-9)18-8-11(16-17-18)3-1-2-4-15/h5-8H,1-4,15H2. The van der Waals surface area contributed by atoms with Gasteiger partial charge >= 0.3 is 0 Å². The summed E-state index contributed by atoms with van der Waals surface area (Å²) >= 11 is 11.9. The monoisotopic (exact) mass is 284 g/mol. The van der Waals surface area contributed by atoms with Crippen molar-refractivity contribution in [3.05, 3.63) is 40.1 Å². The maximum atomic E-state index is 5.95. The van der Waals surface area contributed by atoms with Crippen molar-refractivity contribution in [2.45, 2.75) is 19.3 Å². The van der Waals surface area contributed by atoms with Crippen LogP contribution in [0.25, 0.3) is 5.69 Å². The Morgan fingerprint density at radius 2 is 1.83 bits per heavy atom. The summed E-state index contributed by atoms with van der Waals surface area (Å²) in [4.78, 5) is 0. The second kappa shape index (κ2) is 6.18. The first-order valence-electron chi connectivity index (χ1n) is 5.77. The molecule has 96 valence electrons. The van der Waals surface area contributed by atoms with Crippen LogP contribution in [-0.4, -0.2) is 21.5 Å². The zero-order valence-corrected chi connectivity index (χ0v) is 11.3. The third kappa shape index (κ3) is 3.45. The van der Waals surface area contributed by atoms with Gasteiger partial charge in [0.25, 0.3) is 0 Å². The molecule has 2 N–H and O–H groups in total. The number of hydrogen-bond acceptors (Lipinski definition) is 3. The van der Waals surface area contributed by atoms with Crippen LogP contribution in [-0.2, 0) is 6.42 Å². The van der Waals surface area contributed by atoms with Crippen molar-refractivity contribution in [1.82, 2.24) is 15.0 Å². The average molecular weight is 285 g/mol. The van der Waals surface area contributed by atoms with Gasteiger partial charge in [-0.1, -0.05) is 28.4 Å². The molecular weight excluding hydrogens is 271 g/mol. The minimum atomic E-state index is 0.581. The highest BCUT2D eigenvalue weighted by molar-refractivity contribution is 6.34. The number of unbranched alkanes of at least 4 members (excludes halogenated alkanes) is 1. The predicted octanol–water partition coefficient (Wildman–Crippen LogP) is 2.86. The van der Waals surface area contributed by atoms with Crippen LogP contribution in [0.4, 0.5) is 0 Å². The van der Waals surface area contributed by atoms with Crippen LogP contribution in [0.5, 0.6) is 0 Å². The molecule has 18 heavy (non-hydrogen) atoms. The summed E-state index contributed by atoms with van der Waals surface area (Å²) in [7, 11) is 0. The van der Waals surface area contributed by atoms with E-state index in [9.17, 15) is 0 Å². The Balaban J connectivity index is 2.13. The van der Waals surface area contributed by atoms with E-state index in [2.05, 4.69) is 10.3 Å². The van der Waals surface area contributed by atoms with Gasteiger partial charge in [-0.2, -0.15) is 0 Å². The van der Waals surface area contributed by atoms with E-state index >= 15 is 0 Å². The number of aromatic nitrogens is 3. The molecule has 2 aromatic rings. The van der Waals surface area contributed by atoms with Gasteiger partial charge in [-0.15, -0.1) is 5.10 Å². The van der Waals surface area contributed by atoms with Gasteiger partial charge in [-0.3, -0.25) is 0 Å². The van der Waals surface area contributed by atoms with Crippen molar-refractivity contribution < 1.29 is 0 Å². The normalized spacial score (nSPS) is 10.8. The van der Waals surface area contributed by atoms with E-state index in [1.165, 1.54) is 0 Å². The SMILES string of the molecule is NCCCCc1cn(-c2cc(Cl)cc(Cl)c2)nn1. The Morgan fingerprint density at radius 3 is 2.50 bits per heavy atom. The molecule has 0 aliphatic carbocycles. The fraction of sp³-hybridized carbons (Fsp3) is 0.333. The van der Waals surface area contributed by atoms with Crippen LogP contribution in [0.2, 0.25) is 10.0 Å². The number of halogens is 2. The summed E-state index contributed by atoms with van der Waals surface area (Å²) in [5.74, 6) is 0. The zero-order chi connectivity index (χ0) is 13.0. The van der Waals surface area contributed by atoms with Crippen LogP contribution in [0, 0.1) is 0 Å². The van der Waals surface area contributed by atoms with Gasteiger partial charge in [-0.05, 0) is 44.0 Å². The lowest BCUT2D eigenvalue weighted by Gasteiger charge is -2.01. The summed E-state index contributed by atoms with van der Waals surface area (Å²) in [6.45, 7) is 0.706. The molecule has 0 aliphatic rings. The summed E-state index contributed by atoms with van der Waals surface area (Å²) in [6.07, 6.45) is 4.78. The van der Waals surface area contributed by atoms with E-state index in [1.54, 1.807) is 22.9 Å². The van der Waals surface area contributed by atoms with Crippen LogP contribution >= 0.6 is 23.2 Å². The fourth-order valence-corrected chi connectivity index (χ4v) is 2.18. The van der Waals surface area contributed by atoms with Gasteiger partial charge in [0.2, 0.25) is 0 Å². The number of nitrogens with zero attached hydrogens (tertiary/aromatic N) is 3. The molecule has 0 saturated carbocycles. The molecule has 0 radical (unpaired) electrons. The highest BCUT2D eigenvalue weighted by Gasteiger charge is 2.04. The van der Waals surface area contributed by atoms with Crippen LogP contribution < -0.4 is 5.73 Å². The van der Waals surface area contributed by atoms with E-state index in [0.717, 1.165) is 30.6 Å². The van der Waals surface area contributed by atoms with Gasteiger partial charge < -0.3 is 5.73 Å². The quantitative estimate of drug-likeness (QED) is 0.859. The third-order valence-corrected chi connectivity index (χ3v) is 2.98. The number of nitrogens with two attached hydrogens (primary N) is 1. The molecule has 6 heteroatoms. The van der Waals surface area contributed by atoms with Gasteiger partial charge in [-0.25, -0.2) is 4.68 Å². The molecule has 2 rings (SSSR count). The summed E-state index contributed by atoms with van der Waals surface area (Å²) < 4.78 is 1.68. The van der Waals surface area contributed by atoms with E-state index in [4.69, 9.17) is 28.9 Å². The Labute approximate surface area is 116 Å². The molecule has 0 fully saturated rings. The Bertz CT molecular complexity index is 504. The van der Waals surface area contributed by atoms with Crippen molar-refractivity contribution in [3.63, 3.8) is 0 Å². The fourth-order valence-electron chi connectivity index (χ4n) is 1.66.